The van der Waals surface area contributed by atoms with Crippen molar-refractivity contribution < 1.29 is 14.3 Å². The summed E-state index contributed by atoms with van der Waals surface area (Å²) in [6.07, 6.45) is 2.22. The second kappa shape index (κ2) is 8.65. The van der Waals surface area contributed by atoms with E-state index in [-0.39, 0.29) is 11.8 Å². The summed E-state index contributed by atoms with van der Waals surface area (Å²) in [7, 11) is 1.86. The highest BCUT2D eigenvalue weighted by Gasteiger charge is 2.43. The molecule has 2 aliphatic heterocycles. The molecule has 1 spiro atoms. The minimum atomic E-state index is -0.475. The average Bonchev–Trinajstić information content (AvgIpc) is 3.24. The quantitative estimate of drug-likeness (QED) is 0.750. The number of carbonyl (C=O) groups is 2. The normalized spacial score (nSPS) is 20.6. The van der Waals surface area contributed by atoms with E-state index in [4.69, 9.17) is 4.74 Å². The molecule has 1 saturated heterocycles. The molecule has 10 nitrogen and oxygen atoms in total. The summed E-state index contributed by atoms with van der Waals surface area (Å²) in [5.41, 5.74) is 3.46. The van der Waals surface area contributed by atoms with Gasteiger partial charge in [0.05, 0.1) is 43.2 Å². The number of nitrogens with one attached hydrogen (secondary N) is 1. The van der Waals surface area contributed by atoms with Gasteiger partial charge in [-0.25, -0.2) is 4.68 Å². The molecule has 1 N–H and O–H groups in total. The molecule has 0 saturated carbocycles. The summed E-state index contributed by atoms with van der Waals surface area (Å²) in [5, 5.41) is 15.9. The predicted octanol–water partition coefficient (Wildman–Crippen LogP) is 1.50. The van der Waals surface area contributed by atoms with Gasteiger partial charge in [-0.05, 0) is 32.6 Å². The molecule has 2 aromatic heterocycles. The number of amides is 2. The number of aromatic nitrogens is 5. The second-order valence-electron chi connectivity index (χ2n) is 9.49. The van der Waals surface area contributed by atoms with E-state index in [1.807, 2.05) is 44.3 Å². The highest BCUT2D eigenvalue weighted by atomic mass is 16.5. The van der Waals surface area contributed by atoms with E-state index in [0.29, 0.717) is 50.7 Å². The minimum absolute atomic E-state index is 0.00807. The fourth-order valence-corrected chi connectivity index (χ4v) is 4.72. The van der Waals surface area contributed by atoms with Gasteiger partial charge in [-0.3, -0.25) is 14.3 Å². The Hall–Kier alpha value is -2.75. The van der Waals surface area contributed by atoms with Crippen LogP contribution in [0, 0.1) is 19.8 Å². The highest BCUT2D eigenvalue weighted by molar-refractivity contribution is 5.96. The number of rotatable bonds is 5. The van der Waals surface area contributed by atoms with E-state index < -0.39 is 5.60 Å². The molecule has 4 rings (SSSR count). The zero-order valence-corrected chi connectivity index (χ0v) is 19.6. The largest absolute Gasteiger partial charge is 0.365 e. The number of hydrogen-bond acceptors (Lipinski definition) is 6. The van der Waals surface area contributed by atoms with Crippen LogP contribution in [0.4, 0.5) is 0 Å². The third-order valence-corrected chi connectivity index (χ3v) is 6.47. The van der Waals surface area contributed by atoms with Crippen LogP contribution in [0.2, 0.25) is 0 Å². The Morgan fingerprint density at radius 2 is 2.03 bits per heavy atom. The van der Waals surface area contributed by atoms with Gasteiger partial charge in [0, 0.05) is 25.7 Å². The molecule has 1 unspecified atom stereocenters. The van der Waals surface area contributed by atoms with Crippen LogP contribution in [0.3, 0.4) is 0 Å². The van der Waals surface area contributed by atoms with E-state index in [1.165, 1.54) is 0 Å². The van der Waals surface area contributed by atoms with E-state index in [9.17, 15) is 9.59 Å². The highest BCUT2D eigenvalue weighted by Crippen LogP contribution is 2.33. The van der Waals surface area contributed by atoms with Crippen molar-refractivity contribution in [2.45, 2.75) is 72.3 Å². The second-order valence-corrected chi connectivity index (χ2v) is 9.49. The van der Waals surface area contributed by atoms with E-state index >= 15 is 0 Å². The zero-order chi connectivity index (χ0) is 23.0. The van der Waals surface area contributed by atoms with Crippen LogP contribution in [0.5, 0.6) is 0 Å². The Morgan fingerprint density at radius 3 is 2.72 bits per heavy atom. The SMILES string of the molecule is Cc1nn(C)c(C)c1C(=O)N1CCCC2(C1)Cn1nnc(CNC(=O)CC(C)C)c1CO2. The number of piperidine rings is 1. The standard InChI is InChI=1S/C22H33N7O3/c1-14(2)9-19(30)23-10-17-18-11-32-22(13-29(18)26-24-17)7-6-8-28(12-22)21(31)20-15(3)25-27(5)16(20)4/h14H,6-13H2,1-5H3,(H,23,30). The van der Waals surface area contributed by atoms with Crippen molar-refractivity contribution in [3.63, 3.8) is 0 Å². The average molecular weight is 444 g/mol. The predicted molar refractivity (Wildman–Crippen MR) is 117 cm³/mol. The molecule has 1 atom stereocenters. The van der Waals surface area contributed by atoms with Gasteiger partial charge in [0.15, 0.2) is 0 Å². The van der Waals surface area contributed by atoms with Gasteiger partial charge in [-0.15, -0.1) is 5.10 Å². The smallest absolute Gasteiger partial charge is 0.257 e. The van der Waals surface area contributed by atoms with Gasteiger partial charge in [0.1, 0.15) is 11.3 Å². The van der Waals surface area contributed by atoms with E-state index in [0.717, 1.165) is 35.6 Å². The molecule has 10 heteroatoms. The Kier molecular flexibility index (Phi) is 6.07. The Morgan fingerprint density at radius 1 is 1.25 bits per heavy atom. The molecule has 2 aromatic rings. The molecule has 0 aliphatic carbocycles. The number of fused-ring (bicyclic) bond motifs is 1. The number of ether oxygens (including phenoxy) is 1. The molecule has 174 valence electrons. The summed E-state index contributed by atoms with van der Waals surface area (Å²) in [5.74, 6) is 0.328. The Balaban J connectivity index is 1.45. The summed E-state index contributed by atoms with van der Waals surface area (Å²) in [6, 6.07) is 0. The molecule has 4 heterocycles. The fourth-order valence-electron chi connectivity index (χ4n) is 4.72. The molecule has 0 bridgehead atoms. The number of carbonyl (C=O) groups excluding carboxylic acids is 2. The maximum Gasteiger partial charge on any atom is 0.257 e. The summed E-state index contributed by atoms with van der Waals surface area (Å²) in [6.45, 7) is 10.3. The van der Waals surface area contributed by atoms with Crippen molar-refractivity contribution >= 4 is 11.8 Å². The first kappa shape index (κ1) is 22.4. The summed E-state index contributed by atoms with van der Waals surface area (Å²) < 4.78 is 9.99. The van der Waals surface area contributed by atoms with Crippen molar-refractivity contribution in [2.24, 2.45) is 13.0 Å². The molecule has 32 heavy (non-hydrogen) atoms. The number of aryl methyl sites for hydroxylation is 2. The van der Waals surface area contributed by atoms with Crippen LogP contribution < -0.4 is 5.32 Å². The van der Waals surface area contributed by atoms with Gasteiger partial charge >= 0.3 is 0 Å². The Bertz CT molecular complexity index is 1030. The lowest BCUT2D eigenvalue weighted by molar-refractivity contribution is -0.123. The third-order valence-electron chi connectivity index (χ3n) is 6.47. The zero-order valence-electron chi connectivity index (χ0n) is 19.6. The van der Waals surface area contributed by atoms with Crippen LogP contribution in [0.25, 0.3) is 0 Å². The van der Waals surface area contributed by atoms with Gasteiger partial charge in [0.25, 0.3) is 5.91 Å². The number of hydrogen-bond donors (Lipinski definition) is 1. The molecule has 0 aromatic carbocycles. The van der Waals surface area contributed by atoms with Crippen LogP contribution in [0.15, 0.2) is 0 Å². The number of nitrogens with zero attached hydrogens (tertiary/aromatic N) is 6. The molecule has 0 radical (unpaired) electrons. The van der Waals surface area contributed by atoms with Crippen LogP contribution in [0.1, 0.15) is 66.2 Å². The van der Waals surface area contributed by atoms with Crippen molar-refractivity contribution in [2.75, 3.05) is 13.1 Å². The lowest BCUT2D eigenvalue weighted by atomic mass is 9.90. The van der Waals surface area contributed by atoms with E-state index in [2.05, 4.69) is 20.7 Å². The number of likely N-dealkylation sites (tertiary alicyclic amines) is 1. The Labute approximate surface area is 188 Å². The van der Waals surface area contributed by atoms with Crippen molar-refractivity contribution in [3.05, 3.63) is 28.3 Å². The minimum Gasteiger partial charge on any atom is -0.365 e. The monoisotopic (exact) mass is 443 g/mol. The van der Waals surface area contributed by atoms with Gasteiger partial charge in [-0.2, -0.15) is 5.10 Å². The maximum atomic E-state index is 13.3. The summed E-state index contributed by atoms with van der Waals surface area (Å²) >= 11 is 0. The van der Waals surface area contributed by atoms with Crippen molar-refractivity contribution in [1.82, 2.24) is 35.0 Å². The van der Waals surface area contributed by atoms with Gasteiger partial charge in [0.2, 0.25) is 5.91 Å². The first-order valence-electron chi connectivity index (χ1n) is 11.3. The molecular weight excluding hydrogens is 410 g/mol. The van der Waals surface area contributed by atoms with Crippen molar-refractivity contribution in [1.29, 1.82) is 0 Å². The lowest BCUT2D eigenvalue weighted by Crippen LogP contribution is -2.55. The molecule has 1 fully saturated rings. The van der Waals surface area contributed by atoms with Crippen LogP contribution in [-0.4, -0.2) is 60.2 Å². The van der Waals surface area contributed by atoms with Crippen LogP contribution >= 0.6 is 0 Å². The summed E-state index contributed by atoms with van der Waals surface area (Å²) in [4.78, 5) is 27.2. The lowest BCUT2D eigenvalue weighted by Gasteiger charge is -2.44. The van der Waals surface area contributed by atoms with E-state index in [1.54, 1.807) is 4.68 Å². The van der Waals surface area contributed by atoms with Crippen LogP contribution in [-0.2, 0) is 36.3 Å². The van der Waals surface area contributed by atoms with Gasteiger partial charge in [-0.1, -0.05) is 19.1 Å². The van der Waals surface area contributed by atoms with Crippen molar-refractivity contribution in [3.8, 4) is 0 Å². The molecular formula is C22H33N7O3. The first-order valence-corrected chi connectivity index (χ1v) is 11.3. The molecule has 2 amide bonds. The topological polar surface area (TPSA) is 107 Å². The maximum absolute atomic E-state index is 13.3. The third kappa shape index (κ3) is 4.28. The molecule has 2 aliphatic rings. The first-order chi connectivity index (χ1) is 15.2. The fraction of sp³-hybridized carbons (Fsp3) is 0.682. The van der Waals surface area contributed by atoms with Gasteiger partial charge < -0.3 is 15.0 Å².